The van der Waals surface area contributed by atoms with Crippen LogP contribution in [0.1, 0.15) is 10.4 Å². The van der Waals surface area contributed by atoms with Crippen LogP contribution < -0.4 is 0 Å². The molecule has 2 heterocycles. The van der Waals surface area contributed by atoms with Gasteiger partial charge in [0.1, 0.15) is 5.52 Å². The molecule has 6 heteroatoms. The Balaban J connectivity index is 2.62. The fraction of sp³-hybridized carbons (Fsp3) is 0.222. The van der Waals surface area contributed by atoms with E-state index in [9.17, 15) is 4.79 Å². The van der Waals surface area contributed by atoms with Crippen molar-refractivity contribution in [2.24, 2.45) is 7.05 Å². The molecule has 0 aliphatic rings. The predicted molar refractivity (Wildman–Crippen MR) is 57.5 cm³/mol. The van der Waals surface area contributed by atoms with Crippen molar-refractivity contribution in [2.45, 2.75) is 0 Å². The zero-order valence-corrected chi connectivity index (χ0v) is 9.78. The SMILES string of the molecule is COC(=O)c1cnc2c(c1)nc(Br)n2C. The lowest BCUT2D eigenvalue weighted by Gasteiger charge is -1.98. The van der Waals surface area contributed by atoms with Crippen molar-refractivity contribution in [3.05, 3.63) is 22.6 Å². The maximum atomic E-state index is 11.2. The van der Waals surface area contributed by atoms with Gasteiger partial charge in [0.15, 0.2) is 10.4 Å². The number of methoxy groups -OCH3 is 1. The Morgan fingerprint density at radius 3 is 3.00 bits per heavy atom. The minimum atomic E-state index is -0.411. The van der Waals surface area contributed by atoms with Crippen molar-refractivity contribution in [2.75, 3.05) is 7.11 Å². The number of halogens is 1. The maximum Gasteiger partial charge on any atom is 0.339 e. The smallest absolute Gasteiger partial charge is 0.339 e. The lowest BCUT2D eigenvalue weighted by molar-refractivity contribution is 0.0600. The van der Waals surface area contributed by atoms with Crippen LogP contribution in [0, 0.1) is 0 Å². The normalized spacial score (nSPS) is 10.6. The van der Waals surface area contributed by atoms with Crippen LogP contribution in [0.25, 0.3) is 11.2 Å². The standard InChI is InChI=1S/C9H8BrN3O2/c1-13-7-6(12-9(13)10)3-5(4-11-7)8(14)15-2/h3-4H,1-2H3. The third-order valence-electron chi connectivity index (χ3n) is 2.08. The number of nitrogens with zero attached hydrogens (tertiary/aromatic N) is 3. The molecule has 5 nitrogen and oxygen atoms in total. The Hall–Kier alpha value is -1.43. The van der Waals surface area contributed by atoms with Gasteiger partial charge < -0.3 is 9.30 Å². The molecule has 2 rings (SSSR count). The first-order valence-corrected chi connectivity index (χ1v) is 4.99. The molecule has 0 radical (unpaired) electrons. The number of aromatic nitrogens is 3. The van der Waals surface area contributed by atoms with Gasteiger partial charge in [-0.1, -0.05) is 0 Å². The van der Waals surface area contributed by atoms with Crippen molar-refractivity contribution in [1.29, 1.82) is 0 Å². The number of fused-ring (bicyclic) bond motifs is 1. The summed E-state index contributed by atoms with van der Waals surface area (Å²) in [6.45, 7) is 0. The van der Waals surface area contributed by atoms with Crippen molar-refractivity contribution in [3.63, 3.8) is 0 Å². The van der Waals surface area contributed by atoms with Crippen LogP contribution in [0.15, 0.2) is 17.0 Å². The van der Waals surface area contributed by atoms with Crippen LogP contribution in [-0.2, 0) is 11.8 Å². The molecule has 0 saturated carbocycles. The summed E-state index contributed by atoms with van der Waals surface area (Å²) >= 11 is 3.28. The molecule has 0 saturated heterocycles. The van der Waals surface area contributed by atoms with Crippen molar-refractivity contribution < 1.29 is 9.53 Å². The Labute approximate surface area is 94.2 Å². The molecule has 2 aromatic rings. The molecule has 0 aliphatic carbocycles. The van der Waals surface area contributed by atoms with E-state index < -0.39 is 5.97 Å². The van der Waals surface area contributed by atoms with Crippen molar-refractivity contribution in [1.82, 2.24) is 14.5 Å². The van der Waals surface area contributed by atoms with E-state index >= 15 is 0 Å². The number of esters is 1. The van der Waals surface area contributed by atoms with E-state index in [0.29, 0.717) is 15.8 Å². The number of rotatable bonds is 1. The van der Waals surface area contributed by atoms with E-state index in [0.717, 1.165) is 5.65 Å². The van der Waals surface area contributed by atoms with Crippen LogP contribution in [0.2, 0.25) is 0 Å². The number of ether oxygens (including phenoxy) is 1. The quantitative estimate of drug-likeness (QED) is 0.737. The first-order valence-electron chi connectivity index (χ1n) is 4.19. The third-order valence-corrected chi connectivity index (χ3v) is 2.78. The molecule has 0 aromatic carbocycles. The number of carbonyl (C=O) groups excluding carboxylic acids is 1. The second kappa shape index (κ2) is 3.62. The van der Waals surface area contributed by atoms with Gasteiger partial charge in [-0.15, -0.1) is 0 Å². The van der Waals surface area contributed by atoms with E-state index in [-0.39, 0.29) is 0 Å². The van der Waals surface area contributed by atoms with Gasteiger partial charge in [0.2, 0.25) is 0 Å². The second-order valence-corrected chi connectivity index (χ2v) is 3.71. The Morgan fingerprint density at radius 2 is 2.33 bits per heavy atom. The fourth-order valence-corrected chi connectivity index (χ4v) is 1.64. The summed E-state index contributed by atoms with van der Waals surface area (Å²) < 4.78 is 7.06. The zero-order valence-electron chi connectivity index (χ0n) is 8.19. The highest BCUT2D eigenvalue weighted by Crippen LogP contribution is 2.17. The predicted octanol–water partition coefficient (Wildman–Crippen LogP) is 1.52. The second-order valence-electron chi connectivity index (χ2n) is 3.00. The number of aryl methyl sites for hydroxylation is 1. The molecule has 0 unspecified atom stereocenters. The molecule has 15 heavy (non-hydrogen) atoms. The minimum absolute atomic E-state index is 0.399. The van der Waals surface area contributed by atoms with Crippen LogP contribution in [0.4, 0.5) is 0 Å². The van der Waals surface area contributed by atoms with E-state index in [1.807, 2.05) is 7.05 Å². The molecule has 78 valence electrons. The zero-order chi connectivity index (χ0) is 11.0. The molecule has 0 N–H and O–H groups in total. The van der Waals surface area contributed by atoms with Gasteiger partial charge in [-0.2, -0.15) is 0 Å². The molecule has 0 bridgehead atoms. The van der Waals surface area contributed by atoms with Gasteiger partial charge in [0.25, 0.3) is 0 Å². The topological polar surface area (TPSA) is 57.0 Å². The Morgan fingerprint density at radius 1 is 1.60 bits per heavy atom. The molecule has 2 aromatic heterocycles. The monoisotopic (exact) mass is 269 g/mol. The van der Waals surface area contributed by atoms with Crippen LogP contribution in [0.3, 0.4) is 0 Å². The Kier molecular flexibility index (Phi) is 2.44. The minimum Gasteiger partial charge on any atom is -0.465 e. The average molecular weight is 270 g/mol. The van der Waals surface area contributed by atoms with Gasteiger partial charge in [0, 0.05) is 13.2 Å². The Bertz CT molecular complexity index is 535. The number of pyridine rings is 1. The third kappa shape index (κ3) is 1.61. The summed E-state index contributed by atoms with van der Waals surface area (Å²) in [5.41, 5.74) is 1.78. The summed E-state index contributed by atoms with van der Waals surface area (Å²) in [4.78, 5) is 19.6. The summed E-state index contributed by atoms with van der Waals surface area (Å²) in [6.07, 6.45) is 1.47. The van der Waals surface area contributed by atoms with Crippen LogP contribution in [0.5, 0.6) is 0 Å². The van der Waals surface area contributed by atoms with E-state index in [2.05, 4.69) is 30.6 Å². The van der Waals surface area contributed by atoms with Gasteiger partial charge in [-0.25, -0.2) is 14.8 Å². The number of carbonyl (C=O) groups is 1. The summed E-state index contributed by atoms with van der Waals surface area (Å²) in [5.74, 6) is -0.411. The molecule has 0 atom stereocenters. The average Bonchev–Trinajstić information content (AvgIpc) is 2.53. The maximum absolute atomic E-state index is 11.2. The highest BCUT2D eigenvalue weighted by molar-refractivity contribution is 9.10. The lowest BCUT2D eigenvalue weighted by atomic mass is 10.3. The fourth-order valence-electron chi connectivity index (χ4n) is 1.28. The van der Waals surface area contributed by atoms with Crippen molar-refractivity contribution >= 4 is 33.1 Å². The highest BCUT2D eigenvalue weighted by atomic mass is 79.9. The van der Waals surface area contributed by atoms with E-state index in [4.69, 9.17) is 0 Å². The van der Waals surface area contributed by atoms with E-state index in [1.165, 1.54) is 13.3 Å². The first-order chi connectivity index (χ1) is 7.13. The van der Waals surface area contributed by atoms with Crippen LogP contribution in [-0.4, -0.2) is 27.6 Å². The molecular weight excluding hydrogens is 262 g/mol. The van der Waals surface area contributed by atoms with Crippen molar-refractivity contribution in [3.8, 4) is 0 Å². The highest BCUT2D eigenvalue weighted by Gasteiger charge is 2.11. The van der Waals surface area contributed by atoms with Gasteiger partial charge in [-0.05, 0) is 22.0 Å². The summed E-state index contributed by atoms with van der Waals surface area (Å²) in [7, 11) is 3.17. The van der Waals surface area contributed by atoms with Gasteiger partial charge >= 0.3 is 5.97 Å². The summed E-state index contributed by atoms with van der Waals surface area (Å²) in [6, 6.07) is 1.65. The number of imidazole rings is 1. The molecule has 0 fully saturated rings. The lowest BCUT2D eigenvalue weighted by Crippen LogP contribution is -2.02. The molecule has 0 aliphatic heterocycles. The number of hydrogen-bond acceptors (Lipinski definition) is 4. The molecule has 0 spiro atoms. The first kappa shape index (κ1) is 10.1. The molecular formula is C9H8BrN3O2. The van der Waals surface area contributed by atoms with Crippen LogP contribution >= 0.6 is 15.9 Å². The molecule has 0 amide bonds. The largest absolute Gasteiger partial charge is 0.465 e. The van der Waals surface area contributed by atoms with E-state index in [1.54, 1.807) is 10.6 Å². The van der Waals surface area contributed by atoms with Gasteiger partial charge in [0.05, 0.1) is 12.7 Å². The van der Waals surface area contributed by atoms with Gasteiger partial charge in [-0.3, -0.25) is 0 Å². The number of hydrogen-bond donors (Lipinski definition) is 0. The summed E-state index contributed by atoms with van der Waals surface area (Å²) in [5, 5.41) is 0.